The lowest BCUT2D eigenvalue weighted by Crippen LogP contribution is -2.42. The summed E-state index contributed by atoms with van der Waals surface area (Å²) < 4.78 is 35.5. The highest BCUT2D eigenvalue weighted by molar-refractivity contribution is 7.90. The standard InChI is InChI=1S/C22H24N2O5S2/c1-28-17-5-8-19-20(14-17)30-22(23-19)29-16-9-11-24(12-10-16)21(25)13-15-3-6-18(7-4-15)31(2,26)27/h3-8,14,16H,9-13H2,1-2H3. The van der Waals surface area contributed by atoms with E-state index in [1.807, 2.05) is 23.1 Å². The number of hydrogen-bond donors (Lipinski definition) is 0. The Kier molecular flexibility index (Phi) is 6.15. The highest BCUT2D eigenvalue weighted by Crippen LogP contribution is 2.32. The van der Waals surface area contributed by atoms with E-state index in [4.69, 9.17) is 9.47 Å². The number of fused-ring (bicyclic) bond motifs is 1. The summed E-state index contributed by atoms with van der Waals surface area (Å²) in [6.07, 6.45) is 2.95. The van der Waals surface area contributed by atoms with Crippen LogP contribution in [-0.2, 0) is 21.1 Å². The summed E-state index contributed by atoms with van der Waals surface area (Å²) in [5, 5.41) is 0.638. The lowest BCUT2D eigenvalue weighted by atomic mass is 10.1. The summed E-state index contributed by atoms with van der Waals surface area (Å²) in [5.41, 5.74) is 1.69. The molecule has 1 fully saturated rings. The number of methoxy groups -OCH3 is 1. The summed E-state index contributed by atoms with van der Waals surface area (Å²) in [6.45, 7) is 1.26. The molecule has 1 aliphatic rings. The van der Waals surface area contributed by atoms with Gasteiger partial charge in [0.25, 0.3) is 5.19 Å². The Balaban J connectivity index is 1.30. The number of amides is 1. The third-order valence-corrected chi connectivity index (χ3v) is 7.38. The van der Waals surface area contributed by atoms with Gasteiger partial charge < -0.3 is 14.4 Å². The molecule has 4 rings (SSSR count). The number of ether oxygens (including phenoxy) is 2. The van der Waals surface area contributed by atoms with E-state index in [0.717, 1.165) is 34.4 Å². The van der Waals surface area contributed by atoms with Gasteiger partial charge in [0.1, 0.15) is 11.9 Å². The summed E-state index contributed by atoms with van der Waals surface area (Å²) in [4.78, 5) is 19.3. The molecule has 2 heterocycles. The maximum Gasteiger partial charge on any atom is 0.274 e. The van der Waals surface area contributed by atoms with Crippen molar-refractivity contribution in [3.05, 3.63) is 48.0 Å². The van der Waals surface area contributed by atoms with Crippen molar-refractivity contribution in [1.29, 1.82) is 0 Å². The average molecular weight is 461 g/mol. The number of aromatic nitrogens is 1. The fourth-order valence-corrected chi connectivity index (χ4v) is 5.11. The molecule has 0 aliphatic carbocycles. The maximum absolute atomic E-state index is 12.6. The number of carbonyl (C=O) groups excluding carboxylic acids is 1. The van der Waals surface area contributed by atoms with E-state index in [9.17, 15) is 13.2 Å². The van der Waals surface area contributed by atoms with Crippen LogP contribution in [0.5, 0.6) is 10.9 Å². The van der Waals surface area contributed by atoms with E-state index in [-0.39, 0.29) is 23.3 Å². The van der Waals surface area contributed by atoms with Gasteiger partial charge >= 0.3 is 0 Å². The van der Waals surface area contributed by atoms with E-state index < -0.39 is 9.84 Å². The second-order valence-corrected chi connectivity index (χ2v) is 10.6. The van der Waals surface area contributed by atoms with Gasteiger partial charge in [-0.3, -0.25) is 4.79 Å². The van der Waals surface area contributed by atoms with Crippen LogP contribution < -0.4 is 9.47 Å². The smallest absolute Gasteiger partial charge is 0.274 e. The monoisotopic (exact) mass is 460 g/mol. The van der Waals surface area contributed by atoms with E-state index in [0.29, 0.717) is 18.3 Å². The first-order valence-corrected chi connectivity index (χ1v) is 12.7. The molecule has 0 radical (unpaired) electrons. The Hall–Kier alpha value is -2.65. The topological polar surface area (TPSA) is 85.8 Å². The Morgan fingerprint density at radius 3 is 2.52 bits per heavy atom. The van der Waals surface area contributed by atoms with Crippen LogP contribution >= 0.6 is 11.3 Å². The summed E-state index contributed by atoms with van der Waals surface area (Å²) >= 11 is 1.50. The first-order chi connectivity index (χ1) is 14.8. The van der Waals surface area contributed by atoms with Crippen LogP contribution in [0.25, 0.3) is 10.2 Å². The minimum absolute atomic E-state index is 0.0283. The van der Waals surface area contributed by atoms with Crippen molar-refractivity contribution >= 4 is 37.3 Å². The van der Waals surface area contributed by atoms with E-state index in [2.05, 4.69) is 4.98 Å². The van der Waals surface area contributed by atoms with Crippen LogP contribution in [0, 0.1) is 0 Å². The molecule has 1 aliphatic heterocycles. The fraction of sp³-hybridized carbons (Fsp3) is 0.364. The highest BCUT2D eigenvalue weighted by atomic mass is 32.2. The normalized spacial score (nSPS) is 15.2. The van der Waals surface area contributed by atoms with Gasteiger partial charge in [-0.2, -0.15) is 0 Å². The third-order valence-electron chi connectivity index (χ3n) is 5.35. The number of likely N-dealkylation sites (tertiary alicyclic amines) is 1. The lowest BCUT2D eigenvalue weighted by molar-refractivity contribution is -0.132. The number of carbonyl (C=O) groups is 1. The van der Waals surface area contributed by atoms with Crippen LogP contribution in [0.1, 0.15) is 18.4 Å². The zero-order chi connectivity index (χ0) is 22.0. The molecule has 31 heavy (non-hydrogen) atoms. The van der Waals surface area contributed by atoms with Crippen molar-refractivity contribution in [2.24, 2.45) is 0 Å². The summed E-state index contributed by atoms with van der Waals surface area (Å²) in [6, 6.07) is 12.2. The largest absolute Gasteiger partial charge is 0.497 e. The van der Waals surface area contributed by atoms with Gasteiger partial charge in [0, 0.05) is 32.2 Å². The molecule has 1 aromatic heterocycles. The molecule has 0 atom stereocenters. The minimum Gasteiger partial charge on any atom is -0.497 e. The maximum atomic E-state index is 12.6. The molecule has 1 saturated heterocycles. The molecule has 0 unspecified atom stereocenters. The number of hydrogen-bond acceptors (Lipinski definition) is 7. The minimum atomic E-state index is -3.23. The van der Waals surface area contributed by atoms with Crippen LogP contribution in [0.15, 0.2) is 47.4 Å². The van der Waals surface area contributed by atoms with Crippen molar-refractivity contribution in [2.45, 2.75) is 30.3 Å². The highest BCUT2D eigenvalue weighted by Gasteiger charge is 2.25. The van der Waals surface area contributed by atoms with Crippen molar-refractivity contribution in [3.8, 4) is 10.9 Å². The molecule has 0 N–H and O–H groups in total. The Labute approximate surface area is 185 Å². The van der Waals surface area contributed by atoms with Crippen LogP contribution in [0.2, 0.25) is 0 Å². The summed E-state index contributed by atoms with van der Waals surface area (Å²) in [7, 11) is -1.59. The molecular formula is C22H24N2O5S2. The van der Waals surface area contributed by atoms with E-state index >= 15 is 0 Å². The number of nitrogens with zero attached hydrogens (tertiary/aromatic N) is 2. The van der Waals surface area contributed by atoms with Crippen molar-refractivity contribution < 1.29 is 22.7 Å². The van der Waals surface area contributed by atoms with E-state index in [1.165, 1.54) is 17.6 Å². The summed E-state index contributed by atoms with van der Waals surface area (Å²) in [5.74, 6) is 0.832. The second-order valence-electron chi connectivity index (χ2n) is 7.60. The van der Waals surface area contributed by atoms with Crippen LogP contribution in [-0.4, -0.2) is 56.8 Å². The SMILES string of the molecule is COc1ccc2nc(OC3CCN(C(=O)Cc4ccc(S(C)(=O)=O)cc4)CC3)sc2c1. The Bertz CT molecular complexity index is 1180. The van der Waals surface area contributed by atoms with Gasteiger partial charge in [0.15, 0.2) is 9.84 Å². The number of benzene rings is 2. The number of sulfone groups is 1. The van der Waals surface area contributed by atoms with Crippen LogP contribution in [0.3, 0.4) is 0 Å². The number of rotatable bonds is 6. The molecular weight excluding hydrogens is 436 g/mol. The third kappa shape index (κ3) is 5.16. The van der Waals surface area contributed by atoms with Gasteiger partial charge in [0.2, 0.25) is 5.91 Å². The first-order valence-electron chi connectivity index (χ1n) is 10.00. The molecule has 0 bridgehead atoms. The predicted octanol–water partition coefficient (Wildman–Crippen LogP) is 3.32. The van der Waals surface area contributed by atoms with Gasteiger partial charge in [-0.05, 0) is 35.9 Å². The quantitative estimate of drug-likeness (QED) is 0.561. The molecule has 164 valence electrons. The second kappa shape index (κ2) is 8.84. The molecule has 1 amide bonds. The first kappa shape index (κ1) is 21.6. The van der Waals surface area contributed by atoms with Gasteiger partial charge in [0.05, 0.1) is 28.6 Å². The lowest BCUT2D eigenvalue weighted by Gasteiger charge is -2.31. The number of piperidine rings is 1. The fourth-order valence-electron chi connectivity index (χ4n) is 3.57. The molecule has 0 spiro atoms. The molecule has 7 nitrogen and oxygen atoms in total. The van der Waals surface area contributed by atoms with Gasteiger partial charge in [-0.1, -0.05) is 23.5 Å². The van der Waals surface area contributed by atoms with Crippen molar-refractivity contribution in [2.75, 3.05) is 26.5 Å². The zero-order valence-electron chi connectivity index (χ0n) is 17.4. The van der Waals surface area contributed by atoms with Gasteiger partial charge in [-0.25, -0.2) is 13.4 Å². The Morgan fingerprint density at radius 1 is 1.16 bits per heavy atom. The molecule has 2 aromatic carbocycles. The molecule has 3 aromatic rings. The molecule has 9 heteroatoms. The van der Waals surface area contributed by atoms with Gasteiger partial charge in [-0.15, -0.1) is 0 Å². The van der Waals surface area contributed by atoms with E-state index in [1.54, 1.807) is 31.4 Å². The van der Waals surface area contributed by atoms with Crippen molar-refractivity contribution in [3.63, 3.8) is 0 Å². The number of thiazole rings is 1. The average Bonchev–Trinajstić information content (AvgIpc) is 3.15. The Morgan fingerprint density at radius 2 is 1.87 bits per heavy atom. The van der Waals surface area contributed by atoms with Crippen LogP contribution in [0.4, 0.5) is 0 Å². The van der Waals surface area contributed by atoms with Crippen molar-refractivity contribution in [1.82, 2.24) is 9.88 Å². The zero-order valence-corrected chi connectivity index (χ0v) is 19.0. The molecule has 0 saturated carbocycles. The predicted molar refractivity (Wildman–Crippen MR) is 120 cm³/mol.